The highest BCUT2D eigenvalue weighted by Crippen LogP contribution is 2.12. The second-order valence-electron chi connectivity index (χ2n) is 4.67. The lowest BCUT2D eigenvalue weighted by Crippen LogP contribution is -2.09. The molecule has 0 aromatic heterocycles. The van der Waals surface area contributed by atoms with E-state index < -0.39 is 0 Å². The monoisotopic (exact) mass is 289 g/mol. The Morgan fingerprint density at radius 2 is 1.86 bits per heavy atom. The third-order valence-corrected chi connectivity index (χ3v) is 2.99. The van der Waals surface area contributed by atoms with Crippen molar-refractivity contribution in [3.63, 3.8) is 0 Å². The molecule has 0 aliphatic heterocycles. The molecule has 0 saturated heterocycles. The minimum Gasteiger partial charge on any atom is -0.491 e. The highest BCUT2D eigenvalue weighted by atomic mass is 19.1. The first kappa shape index (κ1) is 15.5. The fourth-order valence-corrected chi connectivity index (χ4v) is 1.97. The van der Waals surface area contributed by atoms with E-state index in [1.807, 2.05) is 43.4 Å². The second-order valence-corrected chi connectivity index (χ2v) is 4.67. The number of benzene rings is 2. The highest BCUT2D eigenvalue weighted by Gasteiger charge is 2.04. The Labute approximate surface area is 124 Å². The molecule has 0 amide bonds. The van der Waals surface area contributed by atoms with Gasteiger partial charge in [0.1, 0.15) is 18.2 Å². The summed E-state index contributed by atoms with van der Waals surface area (Å²) in [6.07, 6.45) is 0. The maximum absolute atomic E-state index is 13.7. The quantitative estimate of drug-likeness (QED) is 0.757. The van der Waals surface area contributed by atoms with Crippen molar-refractivity contribution in [3.05, 3.63) is 65.5 Å². The third-order valence-electron chi connectivity index (χ3n) is 2.99. The van der Waals surface area contributed by atoms with Gasteiger partial charge in [-0.15, -0.1) is 0 Å². The van der Waals surface area contributed by atoms with Crippen LogP contribution in [0.1, 0.15) is 11.1 Å². The van der Waals surface area contributed by atoms with E-state index in [4.69, 9.17) is 9.47 Å². The molecule has 0 heterocycles. The zero-order valence-electron chi connectivity index (χ0n) is 12.1. The van der Waals surface area contributed by atoms with Crippen LogP contribution in [0.25, 0.3) is 0 Å². The van der Waals surface area contributed by atoms with Gasteiger partial charge in [0.2, 0.25) is 0 Å². The van der Waals surface area contributed by atoms with Crippen LogP contribution in [0.4, 0.5) is 4.39 Å². The first-order valence-corrected chi connectivity index (χ1v) is 6.97. The van der Waals surface area contributed by atoms with Crippen molar-refractivity contribution >= 4 is 0 Å². The van der Waals surface area contributed by atoms with Gasteiger partial charge in [0.15, 0.2) is 0 Å². The van der Waals surface area contributed by atoms with E-state index in [1.54, 1.807) is 6.07 Å². The molecule has 21 heavy (non-hydrogen) atoms. The van der Waals surface area contributed by atoms with E-state index >= 15 is 0 Å². The maximum Gasteiger partial charge on any atom is 0.128 e. The van der Waals surface area contributed by atoms with Crippen LogP contribution in [0.3, 0.4) is 0 Å². The van der Waals surface area contributed by atoms with Gasteiger partial charge in [-0.2, -0.15) is 0 Å². The van der Waals surface area contributed by atoms with E-state index in [1.165, 1.54) is 6.07 Å². The summed E-state index contributed by atoms with van der Waals surface area (Å²) in [5.41, 5.74) is 1.61. The van der Waals surface area contributed by atoms with Gasteiger partial charge >= 0.3 is 0 Å². The standard InChI is InChI=1S/C17H20FNO2/c1-19-12-14-7-8-17(18)15(11-14)13-20-9-10-21-16-5-3-2-4-6-16/h2-8,11,19H,9-10,12-13H2,1H3. The summed E-state index contributed by atoms with van der Waals surface area (Å²) in [5.74, 6) is 0.571. The average Bonchev–Trinajstić information content (AvgIpc) is 2.51. The molecule has 1 N–H and O–H groups in total. The predicted molar refractivity (Wildman–Crippen MR) is 80.8 cm³/mol. The zero-order chi connectivity index (χ0) is 14.9. The van der Waals surface area contributed by atoms with Crippen LogP contribution in [0.5, 0.6) is 5.75 Å². The van der Waals surface area contributed by atoms with Gasteiger partial charge in [0, 0.05) is 12.1 Å². The number of para-hydroxylation sites is 1. The maximum atomic E-state index is 13.7. The molecular weight excluding hydrogens is 269 g/mol. The summed E-state index contributed by atoms with van der Waals surface area (Å²) in [5, 5.41) is 3.04. The summed E-state index contributed by atoms with van der Waals surface area (Å²) in [6.45, 7) is 1.83. The lowest BCUT2D eigenvalue weighted by atomic mass is 10.1. The summed E-state index contributed by atoms with van der Waals surface area (Å²) in [7, 11) is 1.86. The van der Waals surface area contributed by atoms with Crippen LogP contribution >= 0.6 is 0 Å². The molecule has 0 atom stereocenters. The van der Waals surface area contributed by atoms with E-state index in [0.717, 1.165) is 11.3 Å². The smallest absolute Gasteiger partial charge is 0.128 e. The minimum atomic E-state index is -0.237. The minimum absolute atomic E-state index is 0.237. The Hall–Kier alpha value is -1.91. The zero-order valence-corrected chi connectivity index (χ0v) is 12.1. The lowest BCUT2D eigenvalue weighted by molar-refractivity contribution is 0.0871. The lowest BCUT2D eigenvalue weighted by Gasteiger charge is -2.09. The first-order valence-electron chi connectivity index (χ1n) is 6.97. The molecule has 0 unspecified atom stereocenters. The first-order chi connectivity index (χ1) is 10.3. The van der Waals surface area contributed by atoms with Crippen molar-refractivity contribution in [1.82, 2.24) is 5.32 Å². The molecule has 2 aromatic carbocycles. The molecule has 2 aromatic rings. The van der Waals surface area contributed by atoms with E-state index in [-0.39, 0.29) is 12.4 Å². The Morgan fingerprint density at radius 3 is 2.62 bits per heavy atom. The summed E-state index contributed by atoms with van der Waals surface area (Å²) < 4.78 is 24.6. The van der Waals surface area contributed by atoms with Gasteiger partial charge in [-0.25, -0.2) is 4.39 Å². The molecule has 0 bridgehead atoms. The number of hydrogen-bond donors (Lipinski definition) is 1. The number of nitrogens with one attached hydrogen (secondary N) is 1. The molecular formula is C17H20FNO2. The van der Waals surface area contributed by atoms with Crippen LogP contribution < -0.4 is 10.1 Å². The van der Waals surface area contributed by atoms with Gasteiger partial charge < -0.3 is 14.8 Å². The fourth-order valence-electron chi connectivity index (χ4n) is 1.97. The van der Waals surface area contributed by atoms with Crippen molar-refractivity contribution in [1.29, 1.82) is 0 Å². The normalized spacial score (nSPS) is 10.6. The molecule has 3 nitrogen and oxygen atoms in total. The Bertz CT molecular complexity index is 546. The van der Waals surface area contributed by atoms with Crippen LogP contribution in [0.15, 0.2) is 48.5 Å². The van der Waals surface area contributed by atoms with Crippen molar-refractivity contribution < 1.29 is 13.9 Å². The Kier molecular flexibility index (Phi) is 6.19. The molecule has 0 saturated carbocycles. The average molecular weight is 289 g/mol. The topological polar surface area (TPSA) is 30.5 Å². The largest absolute Gasteiger partial charge is 0.491 e. The number of rotatable bonds is 8. The molecule has 0 aliphatic carbocycles. The molecule has 2 rings (SSSR count). The van der Waals surface area contributed by atoms with Gasteiger partial charge in [-0.05, 0) is 36.9 Å². The van der Waals surface area contributed by atoms with Crippen LogP contribution in [-0.2, 0) is 17.9 Å². The third kappa shape index (κ3) is 5.17. The van der Waals surface area contributed by atoms with Crippen LogP contribution in [0.2, 0.25) is 0 Å². The highest BCUT2D eigenvalue weighted by molar-refractivity contribution is 5.24. The van der Waals surface area contributed by atoms with Crippen molar-refractivity contribution in [2.24, 2.45) is 0 Å². The Balaban J connectivity index is 1.74. The number of ether oxygens (including phenoxy) is 2. The summed E-state index contributed by atoms with van der Waals surface area (Å²) in [6, 6.07) is 14.6. The SMILES string of the molecule is CNCc1ccc(F)c(COCCOc2ccccc2)c1. The second kappa shape index (κ2) is 8.39. The molecule has 0 aliphatic rings. The van der Waals surface area contributed by atoms with Gasteiger partial charge in [0.05, 0.1) is 13.2 Å². The van der Waals surface area contributed by atoms with Crippen molar-refractivity contribution in [2.75, 3.05) is 20.3 Å². The van der Waals surface area contributed by atoms with E-state index in [9.17, 15) is 4.39 Å². The van der Waals surface area contributed by atoms with Crippen LogP contribution in [0, 0.1) is 5.82 Å². The summed E-state index contributed by atoms with van der Waals surface area (Å²) >= 11 is 0. The van der Waals surface area contributed by atoms with Gasteiger partial charge in [0.25, 0.3) is 0 Å². The van der Waals surface area contributed by atoms with Gasteiger partial charge in [-0.1, -0.05) is 24.3 Å². The molecule has 112 valence electrons. The van der Waals surface area contributed by atoms with Gasteiger partial charge in [-0.3, -0.25) is 0 Å². The van der Waals surface area contributed by atoms with Crippen LogP contribution in [-0.4, -0.2) is 20.3 Å². The van der Waals surface area contributed by atoms with E-state index in [0.29, 0.717) is 25.3 Å². The summed E-state index contributed by atoms with van der Waals surface area (Å²) in [4.78, 5) is 0. The van der Waals surface area contributed by atoms with E-state index in [2.05, 4.69) is 5.32 Å². The fraction of sp³-hybridized carbons (Fsp3) is 0.294. The van der Waals surface area contributed by atoms with Crippen molar-refractivity contribution in [2.45, 2.75) is 13.2 Å². The Morgan fingerprint density at radius 1 is 1.05 bits per heavy atom. The predicted octanol–water partition coefficient (Wildman–Crippen LogP) is 3.14. The van der Waals surface area contributed by atoms with Crippen molar-refractivity contribution in [3.8, 4) is 5.75 Å². The number of halogens is 1. The molecule has 0 radical (unpaired) electrons. The number of hydrogen-bond acceptors (Lipinski definition) is 3. The molecule has 0 fully saturated rings. The molecule has 0 spiro atoms. The molecule has 4 heteroatoms.